The molecule has 2 heterocycles. The molecule has 2 aromatic rings. The van der Waals surface area contributed by atoms with Gasteiger partial charge in [0.2, 0.25) is 0 Å². The summed E-state index contributed by atoms with van der Waals surface area (Å²) in [5.74, 6) is 0. The van der Waals surface area contributed by atoms with E-state index in [0.29, 0.717) is 6.54 Å². The van der Waals surface area contributed by atoms with Crippen LogP contribution in [-0.2, 0) is 6.54 Å². The predicted octanol–water partition coefficient (Wildman–Crippen LogP) is 1.19. The molecule has 0 saturated carbocycles. The summed E-state index contributed by atoms with van der Waals surface area (Å²) < 4.78 is 1.85. The van der Waals surface area contributed by atoms with Crippen LogP contribution in [0.4, 0.5) is 0 Å². The Balaban J connectivity index is 2.05. The normalized spacial score (nSPS) is 12.2. The number of hydrogen-bond donors (Lipinski definition) is 2. The molecule has 16 heavy (non-hydrogen) atoms. The van der Waals surface area contributed by atoms with E-state index in [0.717, 1.165) is 17.6 Å². The molecule has 0 saturated heterocycles. The van der Waals surface area contributed by atoms with Crippen molar-refractivity contribution in [2.24, 2.45) is 0 Å². The van der Waals surface area contributed by atoms with Crippen LogP contribution in [0.15, 0.2) is 30.6 Å². The van der Waals surface area contributed by atoms with E-state index in [9.17, 15) is 5.11 Å². The Morgan fingerprint density at radius 1 is 1.44 bits per heavy atom. The zero-order chi connectivity index (χ0) is 11.6. The van der Waals surface area contributed by atoms with Gasteiger partial charge < -0.3 is 10.4 Å². The Morgan fingerprint density at radius 3 is 3.00 bits per heavy atom. The van der Waals surface area contributed by atoms with E-state index in [1.165, 1.54) is 0 Å². The highest BCUT2D eigenvalue weighted by molar-refractivity contribution is 5.53. The van der Waals surface area contributed by atoms with E-state index >= 15 is 0 Å². The fraction of sp³-hybridized carbons (Fsp3) is 0.417. The lowest BCUT2D eigenvalue weighted by molar-refractivity contribution is 0.0795. The van der Waals surface area contributed by atoms with Crippen molar-refractivity contribution in [3.63, 3.8) is 0 Å². The Bertz CT molecular complexity index is 470. The van der Waals surface area contributed by atoms with Gasteiger partial charge in [0.1, 0.15) is 0 Å². The fourth-order valence-corrected chi connectivity index (χ4v) is 1.63. The molecule has 0 aromatic carbocycles. The Morgan fingerprint density at radius 2 is 2.25 bits per heavy atom. The first-order valence-electron chi connectivity index (χ1n) is 5.41. The number of nitrogens with zero attached hydrogens (tertiary/aromatic N) is 2. The summed E-state index contributed by atoms with van der Waals surface area (Å²) >= 11 is 0. The molecule has 0 amide bonds. The Kier molecular flexibility index (Phi) is 2.94. The lowest BCUT2D eigenvalue weighted by atomic mass is 10.1. The minimum Gasteiger partial charge on any atom is -0.389 e. The highest BCUT2D eigenvalue weighted by atomic mass is 16.3. The van der Waals surface area contributed by atoms with Crippen molar-refractivity contribution in [3.05, 3.63) is 36.2 Å². The monoisotopic (exact) mass is 219 g/mol. The summed E-state index contributed by atoms with van der Waals surface area (Å²) in [7, 11) is 0. The maximum Gasteiger partial charge on any atom is 0.0715 e. The van der Waals surface area contributed by atoms with Gasteiger partial charge in [-0.1, -0.05) is 6.07 Å². The molecule has 0 radical (unpaired) electrons. The summed E-state index contributed by atoms with van der Waals surface area (Å²) in [5.41, 5.74) is 1.57. The van der Waals surface area contributed by atoms with Gasteiger partial charge >= 0.3 is 0 Å². The molecule has 0 spiro atoms. The van der Waals surface area contributed by atoms with Crippen molar-refractivity contribution in [3.8, 4) is 0 Å². The van der Waals surface area contributed by atoms with E-state index in [2.05, 4.69) is 10.4 Å². The van der Waals surface area contributed by atoms with Crippen molar-refractivity contribution in [2.45, 2.75) is 26.0 Å². The number of aromatic nitrogens is 2. The molecule has 0 aliphatic rings. The summed E-state index contributed by atoms with van der Waals surface area (Å²) in [5, 5.41) is 17.0. The molecule has 0 aliphatic heterocycles. The standard InChI is InChI=1S/C12H17N3O/c1-12(2,16)9-13-7-10-8-14-15-6-4-3-5-11(10)15/h3-6,8,13,16H,7,9H2,1-2H3. The zero-order valence-corrected chi connectivity index (χ0v) is 9.64. The lowest BCUT2D eigenvalue weighted by Crippen LogP contribution is -2.34. The van der Waals surface area contributed by atoms with Gasteiger partial charge in [0.15, 0.2) is 0 Å². The third kappa shape index (κ3) is 2.59. The van der Waals surface area contributed by atoms with E-state index in [4.69, 9.17) is 0 Å². The molecule has 0 atom stereocenters. The van der Waals surface area contributed by atoms with E-state index in [1.807, 2.05) is 35.1 Å². The van der Waals surface area contributed by atoms with Gasteiger partial charge in [-0.3, -0.25) is 0 Å². The van der Waals surface area contributed by atoms with Crippen LogP contribution in [0.25, 0.3) is 5.52 Å². The Hall–Kier alpha value is -1.39. The smallest absolute Gasteiger partial charge is 0.0715 e. The quantitative estimate of drug-likeness (QED) is 0.812. The summed E-state index contributed by atoms with van der Waals surface area (Å²) in [6.07, 6.45) is 3.78. The van der Waals surface area contributed by atoms with Crippen LogP contribution in [0.1, 0.15) is 19.4 Å². The minimum absolute atomic E-state index is 0.567. The van der Waals surface area contributed by atoms with Gasteiger partial charge in [0.25, 0.3) is 0 Å². The third-order valence-electron chi connectivity index (χ3n) is 2.38. The number of nitrogens with one attached hydrogen (secondary N) is 1. The van der Waals surface area contributed by atoms with Crippen LogP contribution in [0, 0.1) is 0 Å². The molecule has 0 bridgehead atoms. The van der Waals surface area contributed by atoms with Gasteiger partial charge in [-0.15, -0.1) is 0 Å². The van der Waals surface area contributed by atoms with Crippen molar-refractivity contribution >= 4 is 5.52 Å². The van der Waals surface area contributed by atoms with Gasteiger partial charge in [0, 0.05) is 24.8 Å². The number of pyridine rings is 1. The fourth-order valence-electron chi connectivity index (χ4n) is 1.63. The Labute approximate surface area is 94.9 Å². The maximum absolute atomic E-state index is 9.58. The highest BCUT2D eigenvalue weighted by Gasteiger charge is 2.11. The second-order valence-electron chi connectivity index (χ2n) is 4.62. The zero-order valence-electron chi connectivity index (χ0n) is 9.64. The van der Waals surface area contributed by atoms with Crippen LogP contribution in [0.2, 0.25) is 0 Å². The van der Waals surface area contributed by atoms with Gasteiger partial charge in [-0.05, 0) is 26.0 Å². The summed E-state index contributed by atoms with van der Waals surface area (Å²) in [6, 6.07) is 5.98. The van der Waals surface area contributed by atoms with Gasteiger partial charge in [-0.25, -0.2) is 4.52 Å². The first kappa shape index (κ1) is 11.1. The molecule has 4 heteroatoms. The maximum atomic E-state index is 9.58. The third-order valence-corrected chi connectivity index (χ3v) is 2.38. The van der Waals surface area contributed by atoms with Crippen molar-refractivity contribution in [1.82, 2.24) is 14.9 Å². The molecule has 2 aromatic heterocycles. The molecule has 2 N–H and O–H groups in total. The van der Waals surface area contributed by atoms with Crippen LogP contribution in [0.3, 0.4) is 0 Å². The molecule has 86 valence electrons. The predicted molar refractivity (Wildman–Crippen MR) is 63.2 cm³/mol. The van der Waals surface area contributed by atoms with E-state index in [1.54, 1.807) is 13.8 Å². The molecule has 0 unspecified atom stereocenters. The average Bonchev–Trinajstić information content (AvgIpc) is 2.60. The summed E-state index contributed by atoms with van der Waals surface area (Å²) in [6.45, 7) is 4.86. The summed E-state index contributed by atoms with van der Waals surface area (Å²) in [4.78, 5) is 0. The van der Waals surface area contributed by atoms with Crippen molar-refractivity contribution in [1.29, 1.82) is 0 Å². The largest absolute Gasteiger partial charge is 0.389 e. The second-order valence-corrected chi connectivity index (χ2v) is 4.62. The van der Waals surface area contributed by atoms with Crippen molar-refractivity contribution in [2.75, 3.05) is 6.54 Å². The average molecular weight is 219 g/mol. The molecule has 4 nitrogen and oxygen atoms in total. The topological polar surface area (TPSA) is 49.6 Å². The van der Waals surface area contributed by atoms with Crippen LogP contribution in [-0.4, -0.2) is 26.9 Å². The first-order chi connectivity index (χ1) is 7.56. The number of aliphatic hydroxyl groups is 1. The molecular weight excluding hydrogens is 202 g/mol. The second kappa shape index (κ2) is 4.23. The van der Waals surface area contributed by atoms with E-state index in [-0.39, 0.29) is 0 Å². The number of hydrogen-bond acceptors (Lipinski definition) is 3. The number of rotatable bonds is 4. The van der Waals surface area contributed by atoms with Crippen LogP contribution < -0.4 is 5.32 Å². The SMILES string of the molecule is CC(C)(O)CNCc1cnn2ccccc12. The molecule has 0 aliphatic carbocycles. The van der Waals surface area contributed by atoms with E-state index < -0.39 is 5.60 Å². The van der Waals surface area contributed by atoms with Gasteiger partial charge in [0.05, 0.1) is 17.3 Å². The molecule has 2 rings (SSSR count). The molecular formula is C12H17N3O. The van der Waals surface area contributed by atoms with Gasteiger partial charge in [-0.2, -0.15) is 5.10 Å². The van der Waals surface area contributed by atoms with Crippen LogP contribution >= 0.6 is 0 Å². The minimum atomic E-state index is -0.678. The van der Waals surface area contributed by atoms with Crippen molar-refractivity contribution < 1.29 is 5.11 Å². The highest BCUT2D eigenvalue weighted by Crippen LogP contribution is 2.09. The number of fused-ring (bicyclic) bond motifs is 1. The molecule has 0 fully saturated rings. The first-order valence-corrected chi connectivity index (χ1v) is 5.41. The van der Waals surface area contributed by atoms with Crippen LogP contribution in [0.5, 0.6) is 0 Å². The lowest BCUT2D eigenvalue weighted by Gasteiger charge is -2.17.